The van der Waals surface area contributed by atoms with Crippen LogP contribution in [0.3, 0.4) is 0 Å². The third kappa shape index (κ3) is 2.96. The van der Waals surface area contributed by atoms with Crippen molar-refractivity contribution in [2.45, 2.75) is 26.3 Å². The Balaban J connectivity index is 2.43. The number of methoxy groups -OCH3 is 1. The van der Waals surface area contributed by atoms with Crippen LogP contribution in [0.25, 0.3) is 5.69 Å². The molecule has 1 N–H and O–H groups in total. The lowest BCUT2D eigenvalue weighted by atomic mass is 10.0. The topological polar surface area (TPSA) is 39.1 Å². The summed E-state index contributed by atoms with van der Waals surface area (Å²) < 4.78 is 7.38. The second-order valence-corrected chi connectivity index (χ2v) is 4.52. The lowest BCUT2D eigenvalue weighted by Crippen LogP contribution is -2.21. The quantitative estimate of drug-likeness (QED) is 0.867. The molecule has 0 aliphatic rings. The molecule has 1 aromatic carbocycles. The zero-order valence-corrected chi connectivity index (χ0v) is 11.8. The molecule has 0 bridgehead atoms. The number of aromatic nitrogens is 2. The molecule has 4 nitrogen and oxygen atoms in total. The molecule has 102 valence electrons. The van der Waals surface area contributed by atoms with Crippen molar-refractivity contribution in [1.29, 1.82) is 0 Å². The van der Waals surface area contributed by atoms with Crippen molar-refractivity contribution in [3.8, 4) is 11.4 Å². The average Bonchev–Trinajstić information content (AvgIpc) is 2.97. The summed E-state index contributed by atoms with van der Waals surface area (Å²) in [5, 5.41) is 7.82. The van der Waals surface area contributed by atoms with E-state index in [9.17, 15) is 0 Å². The van der Waals surface area contributed by atoms with E-state index >= 15 is 0 Å². The first-order valence-electron chi connectivity index (χ1n) is 6.68. The van der Waals surface area contributed by atoms with Gasteiger partial charge in [0.1, 0.15) is 5.75 Å². The maximum atomic E-state index is 5.50. The number of nitrogens with zero attached hydrogens (tertiary/aromatic N) is 2. The molecular formula is C15H21N3O. The van der Waals surface area contributed by atoms with Crippen LogP contribution in [0.15, 0.2) is 36.7 Å². The highest BCUT2D eigenvalue weighted by Gasteiger charge is 2.16. The van der Waals surface area contributed by atoms with Gasteiger partial charge in [0, 0.05) is 24.0 Å². The lowest BCUT2D eigenvalue weighted by molar-refractivity contribution is 0.401. The summed E-state index contributed by atoms with van der Waals surface area (Å²) >= 11 is 0. The first kappa shape index (κ1) is 13.6. The molecule has 1 atom stereocenters. The van der Waals surface area contributed by atoms with Gasteiger partial charge in [-0.3, -0.25) is 0 Å². The van der Waals surface area contributed by atoms with E-state index in [1.807, 2.05) is 29.1 Å². The van der Waals surface area contributed by atoms with Gasteiger partial charge in [-0.05, 0) is 38.1 Å². The maximum Gasteiger partial charge on any atom is 0.125 e. The number of nitrogens with one attached hydrogen (secondary N) is 1. The molecule has 0 aliphatic heterocycles. The van der Waals surface area contributed by atoms with Crippen molar-refractivity contribution in [1.82, 2.24) is 15.1 Å². The van der Waals surface area contributed by atoms with Gasteiger partial charge in [-0.15, -0.1) is 0 Å². The zero-order chi connectivity index (χ0) is 13.7. The Morgan fingerprint density at radius 2 is 2.21 bits per heavy atom. The van der Waals surface area contributed by atoms with E-state index in [0.29, 0.717) is 0 Å². The van der Waals surface area contributed by atoms with Crippen molar-refractivity contribution >= 4 is 0 Å². The molecule has 2 rings (SSSR count). The lowest BCUT2D eigenvalue weighted by Gasteiger charge is -2.20. The summed E-state index contributed by atoms with van der Waals surface area (Å²) in [6.07, 6.45) is 4.84. The summed E-state index contributed by atoms with van der Waals surface area (Å²) in [5.74, 6) is 0.893. The fraction of sp³-hybridized carbons (Fsp3) is 0.400. The van der Waals surface area contributed by atoms with E-state index in [1.54, 1.807) is 13.3 Å². The van der Waals surface area contributed by atoms with Gasteiger partial charge in [-0.1, -0.05) is 13.0 Å². The number of hydrogen-bond acceptors (Lipinski definition) is 3. The van der Waals surface area contributed by atoms with E-state index in [0.717, 1.165) is 30.0 Å². The second-order valence-electron chi connectivity index (χ2n) is 4.52. The van der Waals surface area contributed by atoms with E-state index < -0.39 is 0 Å². The standard InChI is InChI=1S/C15H21N3O/c1-4-9-16-12(2)15-13(18-11-6-10-17-18)7-5-8-14(15)19-3/h5-8,10-12,16H,4,9H2,1-3H3. The van der Waals surface area contributed by atoms with Crippen LogP contribution in [0.1, 0.15) is 31.9 Å². The fourth-order valence-electron chi connectivity index (χ4n) is 2.22. The van der Waals surface area contributed by atoms with Crippen molar-refractivity contribution < 1.29 is 4.74 Å². The molecule has 0 aliphatic carbocycles. The van der Waals surface area contributed by atoms with Crippen LogP contribution in [-0.4, -0.2) is 23.4 Å². The highest BCUT2D eigenvalue weighted by atomic mass is 16.5. The highest BCUT2D eigenvalue weighted by Crippen LogP contribution is 2.30. The minimum absolute atomic E-state index is 0.218. The molecule has 0 saturated carbocycles. The van der Waals surface area contributed by atoms with Crippen LogP contribution in [-0.2, 0) is 0 Å². The van der Waals surface area contributed by atoms with Gasteiger partial charge in [0.2, 0.25) is 0 Å². The number of rotatable bonds is 6. The monoisotopic (exact) mass is 259 g/mol. The van der Waals surface area contributed by atoms with Gasteiger partial charge in [0.25, 0.3) is 0 Å². The van der Waals surface area contributed by atoms with Crippen LogP contribution in [0.4, 0.5) is 0 Å². The average molecular weight is 259 g/mol. The second kappa shape index (κ2) is 6.38. The van der Waals surface area contributed by atoms with Gasteiger partial charge in [-0.2, -0.15) is 5.10 Å². The molecule has 0 radical (unpaired) electrons. The van der Waals surface area contributed by atoms with Crippen molar-refractivity contribution in [2.75, 3.05) is 13.7 Å². The van der Waals surface area contributed by atoms with Crippen LogP contribution < -0.4 is 10.1 Å². The summed E-state index contributed by atoms with van der Waals surface area (Å²) in [4.78, 5) is 0. The molecule has 19 heavy (non-hydrogen) atoms. The molecule has 0 amide bonds. The summed E-state index contributed by atoms with van der Waals surface area (Å²) in [5.41, 5.74) is 2.20. The summed E-state index contributed by atoms with van der Waals surface area (Å²) in [7, 11) is 1.71. The number of ether oxygens (including phenoxy) is 1. The molecule has 1 aromatic heterocycles. The summed E-state index contributed by atoms with van der Waals surface area (Å²) in [6.45, 7) is 5.30. The van der Waals surface area contributed by atoms with Crippen molar-refractivity contribution in [3.63, 3.8) is 0 Å². The Morgan fingerprint density at radius 1 is 1.37 bits per heavy atom. The smallest absolute Gasteiger partial charge is 0.125 e. The van der Waals surface area contributed by atoms with Gasteiger partial charge in [0.05, 0.1) is 12.8 Å². The molecule has 0 saturated heterocycles. The van der Waals surface area contributed by atoms with Crippen LogP contribution in [0.5, 0.6) is 5.75 Å². The largest absolute Gasteiger partial charge is 0.496 e. The van der Waals surface area contributed by atoms with Gasteiger partial charge in [-0.25, -0.2) is 4.68 Å². The van der Waals surface area contributed by atoms with E-state index in [-0.39, 0.29) is 6.04 Å². The Morgan fingerprint density at radius 3 is 2.84 bits per heavy atom. The van der Waals surface area contributed by atoms with E-state index in [1.165, 1.54) is 0 Å². The SMILES string of the molecule is CCCNC(C)c1c(OC)cccc1-n1cccn1. The van der Waals surface area contributed by atoms with Gasteiger partial charge >= 0.3 is 0 Å². The zero-order valence-electron chi connectivity index (χ0n) is 11.8. The third-order valence-corrected chi connectivity index (χ3v) is 3.15. The molecule has 0 fully saturated rings. The first-order chi connectivity index (χ1) is 9.27. The normalized spacial score (nSPS) is 12.4. The number of hydrogen-bond donors (Lipinski definition) is 1. The molecule has 4 heteroatoms. The van der Waals surface area contributed by atoms with Gasteiger partial charge in [0.15, 0.2) is 0 Å². The fourth-order valence-corrected chi connectivity index (χ4v) is 2.22. The van der Waals surface area contributed by atoms with Crippen LogP contribution >= 0.6 is 0 Å². The Kier molecular flexibility index (Phi) is 4.58. The molecule has 1 unspecified atom stereocenters. The van der Waals surface area contributed by atoms with Crippen LogP contribution in [0.2, 0.25) is 0 Å². The minimum atomic E-state index is 0.218. The molecule has 0 spiro atoms. The highest BCUT2D eigenvalue weighted by molar-refractivity contribution is 5.51. The molecule has 2 aromatic rings. The molecular weight excluding hydrogens is 238 g/mol. The predicted molar refractivity (Wildman–Crippen MR) is 76.8 cm³/mol. The van der Waals surface area contributed by atoms with E-state index in [2.05, 4.69) is 30.3 Å². The first-order valence-corrected chi connectivity index (χ1v) is 6.68. The predicted octanol–water partition coefficient (Wildman–Crippen LogP) is 2.94. The molecule has 1 heterocycles. The Hall–Kier alpha value is -1.81. The third-order valence-electron chi connectivity index (χ3n) is 3.15. The van der Waals surface area contributed by atoms with Crippen molar-refractivity contribution in [2.24, 2.45) is 0 Å². The maximum absolute atomic E-state index is 5.50. The minimum Gasteiger partial charge on any atom is -0.496 e. The van der Waals surface area contributed by atoms with Crippen LogP contribution in [0, 0.1) is 0 Å². The van der Waals surface area contributed by atoms with Crippen molar-refractivity contribution in [3.05, 3.63) is 42.2 Å². The van der Waals surface area contributed by atoms with Gasteiger partial charge < -0.3 is 10.1 Å². The summed E-state index contributed by atoms with van der Waals surface area (Å²) in [6, 6.07) is 8.19. The van der Waals surface area contributed by atoms with E-state index in [4.69, 9.17) is 4.74 Å². The Bertz CT molecular complexity index is 508. The Labute approximate surface area is 114 Å². The number of benzene rings is 1.